The largest absolute Gasteiger partial charge is 0.462 e. The van der Waals surface area contributed by atoms with Crippen LogP contribution in [0.15, 0.2) is 54.1 Å². The second-order valence-electron chi connectivity index (χ2n) is 3.98. The molecule has 0 saturated carbocycles. The molecule has 102 valence electrons. The fourth-order valence-corrected chi connectivity index (χ4v) is 2.04. The van der Waals surface area contributed by atoms with Crippen LogP contribution in [0, 0.1) is 0 Å². The maximum Gasteiger partial charge on any atom is 0.338 e. The van der Waals surface area contributed by atoms with E-state index in [4.69, 9.17) is 4.74 Å². The van der Waals surface area contributed by atoms with Crippen LogP contribution in [0.2, 0.25) is 0 Å². The predicted molar refractivity (Wildman–Crippen MR) is 86.2 cm³/mol. The van der Waals surface area contributed by atoms with Crippen molar-refractivity contribution in [1.82, 2.24) is 0 Å². The van der Waals surface area contributed by atoms with Gasteiger partial charge in [-0.2, -0.15) is 0 Å². The summed E-state index contributed by atoms with van der Waals surface area (Å²) in [5.41, 5.74) is 2.74. The topological polar surface area (TPSA) is 26.3 Å². The minimum absolute atomic E-state index is 0.283. The number of hydrogen-bond donors (Lipinski definition) is 0. The van der Waals surface area contributed by atoms with Crippen LogP contribution in [0.25, 0.3) is 0 Å². The van der Waals surface area contributed by atoms with Crippen LogP contribution in [-0.4, -0.2) is 23.2 Å². The molecule has 0 fully saturated rings. The number of carbonyl (C=O) groups excluding carboxylic acids is 1. The number of carbonyl (C=O) groups is 1. The van der Waals surface area contributed by atoms with Crippen molar-refractivity contribution >= 4 is 37.8 Å². The van der Waals surface area contributed by atoms with Gasteiger partial charge >= 0.3 is 5.97 Å². The summed E-state index contributed by atoms with van der Waals surface area (Å²) in [5, 5.41) is 1.50. The number of alkyl halides is 2. The Kier molecular flexibility index (Phi) is 7.75. The van der Waals surface area contributed by atoms with Crippen LogP contribution in [-0.2, 0) is 4.74 Å². The number of rotatable bonds is 7. The third-order valence-corrected chi connectivity index (χ3v) is 3.86. The number of halogens is 2. The molecule has 4 heteroatoms. The van der Waals surface area contributed by atoms with E-state index in [9.17, 15) is 4.79 Å². The average molecular weight is 388 g/mol. The Morgan fingerprint density at radius 1 is 1.21 bits per heavy atom. The van der Waals surface area contributed by atoms with Crippen LogP contribution in [0.1, 0.15) is 16.8 Å². The maximum absolute atomic E-state index is 11.7. The van der Waals surface area contributed by atoms with Gasteiger partial charge in [0.1, 0.15) is 0 Å². The molecule has 0 heterocycles. The lowest BCUT2D eigenvalue weighted by Crippen LogP contribution is -2.07. The first-order chi connectivity index (χ1) is 9.17. The van der Waals surface area contributed by atoms with Crippen LogP contribution < -0.4 is 0 Å². The summed E-state index contributed by atoms with van der Waals surface area (Å²) >= 11 is 6.77. The highest BCUT2D eigenvalue weighted by atomic mass is 79.9. The zero-order valence-electron chi connectivity index (χ0n) is 10.6. The molecule has 0 aliphatic rings. The van der Waals surface area contributed by atoms with Crippen molar-refractivity contribution in [3.63, 3.8) is 0 Å². The Balaban J connectivity index is 2.43. The molecular weight excluding hydrogens is 372 g/mol. The summed E-state index contributed by atoms with van der Waals surface area (Å²) in [4.78, 5) is 11.7. The Morgan fingerprint density at radius 3 is 2.47 bits per heavy atom. The lowest BCUT2D eigenvalue weighted by Gasteiger charge is -2.07. The molecule has 0 amide bonds. The van der Waals surface area contributed by atoms with Gasteiger partial charge in [-0.15, -0.1) is 0 Å². The summed E-state index contributed by atoms with van der Waals surface area (Å²) in [5.74, 6) is -0.283. The van der Waals surface area contributed by atoms with Gasteiger partial charge in [0, 0.05) is 17.1 Å². The van der Waals surface area contributed by atoms with Crippen molar-refractivity contribution in [2.24, 2.45) is 0 Å². The average Bonchev–Trinajstić information content (AvgIpc) is 2.46. The normalized spacial score (nSPS) is 11.2. The minimum Gasteiger partial charge on any atom is -0.462 e. The molecule has 0 spiro atoms. The third-order valence-electron chi connectivity index (χ3n) is 2.42. The zero-order valence-corrected chi connectivity index (χ0v) is 13.7. The Bertz CT molecular complexity index is 452. The molecule has 0 aromatic heterocycles. The molecule has 0 bridgehead atoms. The van der Waals surface area contributed by atoms with Gasteiger partial charge in [0.2, 0.25) is 0 Å². The van der Waals surface area contributed by atoms with Gasteiger partial charge in [-0.1, -0.05) is 68.3 Å². The van der Waals surface area contributed by atoms with Gasteiger partial charge in [0.25, 0.3) is 0 Å². The predicted octanol–water partition coefficient (Wildman–Crippen LogP) is 4.51. The SMILES string of the molecule is C=C(C=C(CBr)CCOC(=O)c1ccccc1)CBr. The van der Waals surface area contributed by atoms with Gasteiger partial charge in [-0.05, 0) is 17.7 Å². The van der Waals surface area contributed by atoms with Crippen molar-refractivity contribution in [2.45, 2.75) is 6.42 Å². The van der Waals surface area contributed by atoms with E-state index in [1.807, 2.05) is 24.3 Å². The van der Waals surface area contributed by atoms with Crippen molar-refractivity contribution in [2.75, 3.05) is 17.3 Å². The first-order valence-corrected chi connectivity index (χ1v) is 8.13. The molecule has 0 aliphatic heterocycles. The first kappa shape index (κ1) is 16.2. The van der Waals surface area contributed by atoms with Crippen molar-refractivity contribution in [3.8, 4) is 0 Å². The first-order valence-electron chi connectivity index (χ1n) is 5.88. The fraction of sp³-hybridized carbons (Fsp3) is 0.267. The number of benzene rings is 1. The molecule has 1 aromatic rings. The molecule has 0 aliphatic carbocycles. The summed E-state index contributed by atoms with van der Waals surface area (Å²) < 4.78 is 5.23. The van der Waals surface area contributed by atoms with Crippen LogP contribution in [0.5, 0.6) is 0 Å². The highest BCUT2D eigenvalue weighted by Crippen LogP contribution is 2.11. The summed E-state index contributed by atoms with van der Waals surface area (Å²) in [6.45, 7) is 4.28. The van der Waals surface area contributed by atoms with E-state index in [0.29, 0.717) is 18.6 Å². The Hall–Kier alpha value is -0.870. The number of ether oxygens (including phenoxy) is 1. The van der Waals surface area contributed by atoms with Gasteiger partial charge in [0.05, 0.1) is 12.2 Å². The molecule has 19 heavy (non-hydrogen) atoms. The lowest BCUT2D eigenvalue weighted by atomic mass is 10.1. The summed E-state index contributed by atoms with van der Waals surface area (Å²) in [6.07, 6.45) is 2.72. The molecule has 2 nitrogen and oxygen atoms in total. The quantitative estimate of drug-likeness (QED) is 0.391. The standard InChI is InChI=1S/C15H16Br2O2/c1-12(10-16)9-13(11-17)7-8-19-15(18)14-5-3-2-4-6-14/h2-6,9H,1,7-8,10-11H2. The van der Waals surface area contributed by atoms with Crippen molar-refractivity contribution < 1.29 is 9.53 Å². The van der Waals surface area contributed by atoms with E-state index in [2.05, 4.69) is 38.4 Å². The van der Waals surface area contributed by atoms with Crippen LogP contribution in [0.3, 0.4) is 0 Å². The molecular formula is C15H16Br2O2. The van der Waals surface area contributed by atoms with Gasteiger partial charge in [-0.3, -0.25) is 0 Å². The second kappa shape index (κ2) is 9.10. The number of hydrogen-bond acceptors (Lipinski definition) is 2. The summed E-state index contributed by atoms with van der Waals surface area (Å²) in [6, 6.07) is 9.00. The molecule has 0 atom stereocenters. The monoisotopic (exact) mass is 386 g/mol. The van der Waals surface area contributed by atoms with Crippen molar-refractivity contribution in [1.29, 1.82) is 0 Å². The Labute approximate surface area is 130 Å². The van der Waals surface area contributed by atoms with E-state index in [0.717, 1.165) is 21.8 Å². The Morgan fingerprint density at radius 2 is 1.89 bits per heavy atom. The molecule has 0 saturated heterocycles. The molecule has 0 N–H and O–H groups in total. The van der Waals surface area contributed by atoms with Crippen LogP contribution >= 0.6 is 31.9 Å². The maximum atomic E-state index is 11.7. The van der Waals surface area contributed by atoms with E-state index >= 15 is 0 Å². The highest BCUT2D eigenvalue weighted by molar-refractivity contribution is 9.09. The van der Waals surface area contributed by atoms with Gasteiger partial charge < -0.3 is 4.74 Å². The lowest BCUT2D eigenvalue weighted by molar-refractivity contribution is 0.0509. The molecule has 1 rings (SSSR count). The van der Waals surface area contributed by atoms with E-state index in [1.54, 1.807) is 12.1 Å². The number of allylic oxidation sites excluding steroid dienone is 2. The fourth-order valence-electron chi connectivity index (χ4n) is 1.44. The van der Waals surface area contributed by atoms with Crippen LogP contribution in [0.4, 0.5) is 0 Å². The zero-order chi connectivity index (χ0) is 14.1. The smallest absolute Gasteiger partial charge is 0.338 e. The third kappa shape index (κ3) is 6.21. The van der Waals surface area contributed by atoms with E-state index in [-0.39, 0.29) is 5.97 Å². The highest BCUT2D eigenvalue weighted by Gasteiger charge is 2.06. The molecule has 0 unspecified atom stereocenters. The van der Waals surface area contributed by atoms with Crippen molar-refractivity contribution in [3.05, 3.63) is 59.7 Å². The summed E-state index contributed by atoms with van der Waals surface area (Å²) in [7, 11) is 0. The molecule has 0 radical (unpaired) electrons. The van der Waals surface area contributed by atoms with E-state index < -0.39 is 0 Å². The van der Waals surface area contributed by atoms with Gasteiger partial charge in [0.15, 0.2) is 0 Å². The minimum atomic E-state index is -0.283. The second-order valence-corrected chi connectivity index (χ2v) is 5.10. The van der Waals surface area contributed by atoms with Gasteiger partial charge in [-0.25, -0.2) is 4.79 Å². The van der Waals surface area contributed by atoms with E-state index in [1.165, 1.54) is 0 Å². The molecule has 1 aromatic carbocycles. The number of esters is 1.